The average molecular weight is 201 g/mol. The molecule has 1 heterocycles. The van der Waals surface area contributed by atoms with Crippen LogP contribution in [0.1, 0.15) is 13.8 Å². The number of nitrogens with zero attached hydrogens (tertiary/aromatic N) is 3. The van der Waals surface area contributed by atoms with Crippen LogP contribution in [0.3, 0.4) is 0 Å². The third-order valence-electron chi connectivity index (χ3n) is 1.67. The number of hydrogen-bond donors (Lipinski definition) is 0. The predicted octanol–water partition coefficient (Wildman–Crippen LogP) is 2.26. The van der Waals surface area contributed by atoms with Gasteiger partial charge in [0, 0.05) is 4.75 Å². The molecule has 0 aromatic rings. The largest absolute Gasteiger partial charge is 0.192 e. The molecular weight excluding hydrogens is 194 g/mol. The zero-order valence-electron chi connectivity index (χ0n) is 7.83. The van der Waals surface area contributed by atoms with Crippen LogP contribution < -0.4 is 0 Å². The number of hydrogen-bond acceptors (Lipinski definition) is 4. The summed E-state index contributed by atoms with van der Waals surface area (Å²) >= 11 is 1.38. The zero-order chi connectivity index (χ0) is 10.8. The molecule has 14 heavy (non-hydrogen) atoms. The van der Waals surface area contributed by atoms with Crippen LogP contribution in [-0.2, 0) is 0 Å². The first kappa shape index (κ1) is 10.4. The Balaban J connectivity index is 3.30. The fourth-order valence-corrected chi connectivity index (χ4v) is 2.27. The molecule has 1 aliphatic heterocycles. The Morgan fingerprint density at radius 3 is 2.29 bits per heavy atom. The highest BCUT2D eigenvalue weighted by Crippen LogP contribution is 2.45. The molecule has 0 aliphatic carbocycles. The van der Waals surface area contributed by atoms with Crippen LogP contribution in [-0.4, -0.2) is 4.75 Å². The van der Waals surface area contributed by atoms with Gasteiger partial charge in [0.15, 0.2) is 0 Å². The van der Waals surface area contributed by atoms with E-state index in [1.807, 2.05) is 19.9 Å². The first-order chi connectivity index (χ1) is 6.54. The molecule has 1 rings (SSSR count). The molecule has 0 amide bonds. The van der Waals surface area contributed by atoms with E-state index in [0.29, 0.717) is 10.5 Å². The second kappa shape index (κ2) is 3.58. The topological polar surface area (TPSA) is 71.4 Å². The second-order valence-corrected chi connectivity index (χ2v) is 4.97. The van der Waals surface area contributed by atoms with Gasteiger partial charge in [-0.05, 0) is 19.9 Å². The van der Waals surface area contributed by atoms with Crippen LogP contribution in [0.2, 0.25) is 0 Å². The molecular formula is C10H7N3S. The zero-order valence-corrected chi connectivity index (χ0v) is 8.64. The van der Waals surface area contributed by atoms with Crippen LogP contribution >= 0.6 is 11.8 Å². The quantitative estimate of drug-likeness (QED) is 0.563. The molecule has 4 heteroatoms. The van der Waals surface area contributed by atoms with E-state index < -0.39 is 0 Å². The lowest BCUT2D eigenvalue weighted by Crippen LogP contribution is -2.05. The van der Waals surface area contributed by atoms with Gasteiger partial charge >= 0.3 is 0 Å². The van der Waals surface area contributed by atoms with E-state index in [1.165, 1.54) is 11.8 Å². The van der Waals surface area contributed by atoms with Crippen LogP contribution in [0.5, 0.6) is 0 Å². The molecule has 0 spiro atoms. The van der Waals surface area contributed by atoms with Crippen molar-refractivity contribution >= 4 is 11.8 Å². The maximum Gasteiger partial charge on any atom is 0.144 e. The minimum atomic E-state index is -0.209. The molecule has 0 saturated heterocycles. The van der Waals surface area contributed by atoms with Crippen LogP contribution in [0.25, 0.3) is 0 Å². The number of allylic oxidation sites excluding steroid dienone is 2. The van der Waals surface area contributed by atoms with Crippen LogP contribution in [0, 0.1) is 34.0 Å². The molecule has 1 aliphatic rings. The summed E-state index contributed by atoms with van der Waals surface area (Å²) in [5.41, 5.74) is 0.450. The van der Waals surface area contributed by atoms with Gasteiger partial charge < -0.3 is 0 Å². The number of rotatable bonds is 0. The second-order valence-electron chi connectivity index (χ2n) is 3.30. The van der Waals surface area contributed by atoms with E-state index in [4.69, 9.17) is 15.8 Å². The Labute approximate surface area is 86.9 Å². The molecule has 0 atom stereocenters. The van der Waals surface area contributed by atoms with Crippen LogP contribution in [0.4, 0.5) is 0 Å². The first-order valence-corrected chi connectivity index (χ1v) is 4.72. The van der Waals surface area contributed by atoms with Crippen molar-refractivity contribution in [3.05, 3.63) is 22.1 Å². The van der Waals surface area contributed by atoms with Gasteiger partial charge in [-0.15, -0.1) is 11.8 Å². The smallest absolute Gasteiger partial charge is 0.144 e. The lowest BCUT2D eigenvalue weighted by Gasteiger charge is -2.11. The van der Waals surface area contributed by atoms with Crippen molar-refractivity contribution in [2.75, 3.05) is 0 Å². The number of thioether (sulfide) groups is 1. The van der Waals surface area contributed by atoms with Gasteiger partial charge in [-0.1, -0.05) is 0 Å². The Morgan fingerprint density at radius 1 is 1.29 bits per heavy atom. The van der Waals surface area contributed by atoms with E-state index in [9.17, 15) is 0 Å². The maximum absolute atomic E-state index is 8.82. The van der Waals surface area contributed by atoms with E-state index in [0.717, 1.165) is 0 Å². The minimum absolute atomic E-state index is 0.0216. The summed E-state index contributed by atoms with van der Waals surface area (Å²) in [5.74, 6) is 0. The van der Waals surface area contributed by atoms with Crippen molar-refractivity contribution in [1.29, 1.82) is 15.8 Å². The van der Waals surface area contributed by atoms with Crippen LogP contribution in [0.15, 0.2) is 22.1 Å². The van der Waals surface area contributed by atoms with Crippen molar-refractivity contribution in [2.45, 2.75) is 18.6 Å². The normalized spacial score (nSPS) is 17.6. The van der Waals surface area contributed by atoms with E-state index >= 15 is 0 Å². The van der Waals surface area contributed by atoms with E-state index in [1.54, 1.807) is 18.2 Å². The Hall–Kier alpha value is -1.70. The molecule has 0 fully saturated rings. The Bertz CT molecular complexity index is 433. The Kier molecular flexibility index (Phi) is 2.65. The van der Waals surface area contributed by atoms with Crippen molar-refractivity contribution in [1.82, 2.24) is 0 Å². The van der Waals surface area contributed by atoms with Gasteiger partial charge in [0.1, 0.15) is 23.8 Å². The highest BCUT2D eigenvalue weighted by molar-refractivity contribution is 8.05. The number of nitriles is 3. The van der Waals surface area contributed by atoms with E-state index in [2.05, 4.69) is 0 Å². The van der Waals surface area contributed by atoms with Crippen molar-refractivity contribution in [3.63, 3.8) is 0 Å². The van der Waals surface area contributed by atoms with Gasteiger partial charge in [-0.25, -0.2) is 0 Å². The highest BCUT2D eigenvalue weighted by Gasteiger charge is 2.30. The minimum Gasteiger partial charge on any atom is -0.192 e. The first-order valence-electron chi connectivity index (χ1n) is 3.91. The standard InChI is InChI=1S/C10H7N3S/c1-10(2)3-7(4-11)9(14-10)8(5-12)6-13/h3H,1-2H3. The average Bonchev–Trinajstić information content (AvgIpc) is 2.44. The van der Waals surface area contributed by atoms with Gasteiger partial charge in [-0.3, -0.25) is 0 Å². The summed E-state index contributed by atoms with van der Waals surface area (Å²) in [5, 5.41) is 26.2. The summed E-state index contributed by atoms with van der Waals surface area (Å²) in [6.45, 7) is 3.88. The maximum atomic E-state index is 8.82. The molecule has 0 saturated carbocycles. The monoisotopic (exact) mass is 201 g/mol. The molecule has 68 valence electrons. The van der Waals surface area contributed by atoms with Crippen molar-refractivity contribution in [3.8, 4) is 18.2 Å². The Morgan fingerprint density at radius 2 is 1.86 bits per heavy atom. The van der Waals surface area contributed by atoms with Crippen molar-refractivity contribution < 1.29 is 0 Å². The lowest BCUT2D eigenvalue weighted by atomic mass is 10.1. The molecule has 0 radical (unpaired) electrons. The van der Waals surface area contributed by atoms with E-state index in [-0.39, 0.29) is 10.3 Å². The van der Waals surface area contributed by atoms with Crippen molar-refractivity contribution in [2.24, 2.45) is 0 Å². The SMILES string of the molecule is CC1(C)C=C(C#N)C(=C(C#N)C#N)S1. The molecule has 0 aromatic heterocycles. The molecule has 0 bridgehead atoms. The summed E-state index contributed by atoms with van der Waals surface area (Å²) < 4.78 is -0.209. The molecule has 0 aromatic carbocycles. The lowest BCUT2D eigenvalue weighted by molar-refractivity contribution is 0.909. The molecule has 3 nitrogen and oxygen atoms in total. The highest BCUT2D eigenvalue weighted by atomic mass is 32.2. The van der Waals surface area contributed by atoms with Gasteiger partial charge in [0.25, 0.3) is 0 Å². The van der Waals surface area contributed by atoms with Gasteiger partial charge in [-0.2, -0.15) is 15.8 Å². The third-order valence-corrected chi connectivity index (χ3v) is 2.94. The van der Waals surface area contributed by atoms with Gasteiger partial charge in [0.05, 0.1) is 10.5 Å². The third kappa shape index (κ3) is 1.79. The molecule has 0 unspecified atom stereocenters. The summed E-state index contributed by atoms with van der Waals surface area (Å²) in [6, 6.07) is 5.60. The van der Waals surface area contributed by atoms with Gasteiger partial charge in [0.2, 0.25) is 0 Å². The summed E-state index contributed by atoms with van der Waals surface area (Å²) in [7, 11) is 0. The predicted molar refractivity (Wildman–Crippen MR) is 53.6 cm³/mol. The molecule has 0 N–H and O–H groups in total. The fourth-order valence-electron chi connectivity index (χ4n) is 1.16. The summed E-state index contributed by atoms with van der Waals surface area (Å²) in [4.78, 5) is 0.502. The summed E-state index contributed by atoms with van der Waals surface area (Å²) in [6.07, 6.45) is 1.78. The fraction of sp³-hybridized carbons (Fsp3) is 0.300.